The fourth-order valence-corrected chi connectivity index (χ4v) is 0. The summed E-state index contributed by atoms with van der Waals surface area (Å²) in [5.41, 5.74) is 0. The van der Waals surface area contributed by atoms with Gasteiger partial charge in [0.1, 0.15) is 0 Å². The van der Waals surface area contributed by atoms with Gasteiger partial charge in [0.15, 0.2) is 0 Å². The molecule has 0 aromatic carbocycles. The zero-order valence-electron chi connectivity index (χ0n) is 6.30. The second-order valence-electron chi connectivity index (χ2n) is 0.289. The van der Waals surface area contributed by atoms with E-state index in [0.29, 0.717) is 0 Å². The average Bonchev–Trinajstić information content (AvgIpc) is 0.811. The summed E-state index contributed by atoms with van der Waals surface area (Å²) in [6.07, 6.45) is 0. The molecular weight excluding hydrogens is 506 g/mol. The minimum absolute atomic E-state index is 0. The fraction of sp³-hybridized carbons (Fsp3) is 0. The predicted molar refractivity (Wildman–Crippen MR) is 16.6 cm³/mol. The van der Waals surface area contributed by atoms with Gasteiger partial charge >= 0.3 is 207 Å². The molecule has 0 aromatic rings. The van der Waals surface area contributed by atoms with Gasteiger partial charge in [0.05, 0.1) is 0 Å². The minimum atomic E-state index is -2.92. The Hall–Kier alpha value is 5.98. The van der Waals surface area contributed by atoms with Crippen molar-refractivity contribution in [2.75, 3.05) is 0 Å². The maximum atomic E-state index is 8.42. The van der Waals surface area contributed by atoms with E-state index in [4.69, 9.17) is 15.1 Å². The maximum Gasteiger partial charge on any atom is 1.00 e. The number of hydrogen-bond donors (Lipinski definition) is 0. The first-order valence-corrected chi connectivity index (χ1v) is 0.707. The van der Waals surface area contributed by atoms with Crippen molar-refractivity contribution >= 4 is 7.32 Å². The van der Waals surface area contributed by atoms with E-state index in [1.807, 2.05) is 0 Å². The van der Waals surface area contributed by atoms with Gasteiger partial charge in [-0.2, -0.15) is 0 Å². The molecule has 6 nitrogen and oxygen atoms in total. The summed E-state index contributed by atoms with van der Waals surface area (Å²) in [7, 11) is -2.92. The van der Waals surface area contributed by atoms with Gasteiger partial charge in [0.25, 0.3) is 0 Å². The molecule has 0 aliphatic heterocycles. The summed E-state index contributed by atoms with van der Waals surface area (Å²) in [6, 6.07) is 0. The van der Waals surface area contributed by atoms with Crippen molar-refractivity contribution in [1.82, 2.24) is 0 Å². The van der Waals surface area contributed by atoms with Gasteiger partial charge in [0.2, 0.25) is 0 Å². The molecule has 0 aliphatic carbocycles. The molecule has 0 saturated carbocycles. The van der Waals surface area contributed by atoms with Crippen molar-refractivity contribution in [3.63, 3.8) is 0 Å². The van der Waals surface area contributed by atoms with Crippen LogP contribution in [0, 0.1) is 0 Å². The van der Waals surface area contributed by atoms with Crippen molar-refractivity contribution in [1.29, 1.82) is 0 Å². The summed E-state index contributed by atoms with van der Waals surface area (Å²) in [5, 5.41) is 25.2. The smallest absolute Gasteiger partial charge is 0.907 e. The molecule has 0 fully saturated rings. The van der Waals surface area contributed by atoms with E-state index in [1.165, 1.54) is 0 Å². The van der Waals surface area contributed by atoms with Gasteiger partial charge < -0.3 is 31.5 Å². The normalized spacial score (nSPS) is 2.70. The second kappa shape index (κ2) is 36.3. The fourth-order valence-electron chi connectivity index (χ4n) is 0. The van der Waals surface area contributed by atoms with E-state index >= 15 is 0 Å². The van der Waals surface area contributed by atoms with Crippen molar-refractivity contribution < 1.29 is 238 Å². The van der Waals surface area contributed by atoms with Crippen LogP contribution in [-0.2, 0) is 0 Å². The van der Waals surface area contributed by atoms with E-state index in [0.717, 1.165) is 0 Å². The zero-order chi connectivity index (χ0) is 3.58. The molecule has 0 radical (unpaired) electrons. The average molecular weight is 512 g/mol. The first kappa shape index (κ1) is 44.5. The van der Waals surface area contributed by atoms with Crippen molar-refractivity contribution in [3.8, 4) is 0 Å². The van der Waals surface area contributed by atoms with Gasteiger partial charge in [-0.05, 0) is 0 Å². The molecule has 0 rings (SSSR count). The van der Waals surface area contributed by atoms with Crippen LogP contribution in [0.15, 0.2) is 0 Å². The molecule has 48 valence electrons. The number of hydrogen-bond acceptors (Lipinski definition) is 3. The van der Waals surface area contributed by atoms with Crippen molar-refractivity contribution in [3.05, 3.63) is 0 Å². The van der Waals surface area contributed by atoms with Gasteiger partial charge in [-0.15, -0.1) is 0 Å². The summed E-state index contributed by atoms with van der Waals surface area (Å²) in [4.78, 5) is 0. The number of rotatable bonds is 0. The molecule has 0 heterocycles. The SMILES string of the molecule is O.O.O.[Cs+].[Cs+].[Cs+].[O-]B([O-])[O-]. The molecule has 0 unspecified atom stereocenters. The molecule has 0 atom stereocenters. The molecule has 0 aliphatic rings. The largest absolute Gasteiger partial charge is 1.00 e. The van der Waals surface area contributed by atoms with E-state index in [1.54, 1.807) is 0 Å². The topological polar surface area (TPSA) is 164 Å². The third kappa shape index (κ3) is 65.9. The monoisotopic (exact) mass is 512 g/mol. The Morgan fingerprint density at radius 3 is 0.600 bits per heavy atom. The Kier molecular flexibility index (Phi) is 161. The van der Waals surface area contributed by atoms with Crippen LogP contribution in [0.2, 0.25) is 0 Å². The van der Waals surface area contributed by atoms with E-state index in [9.17, 15) is 0 Å². The van der Waals surface area contributed by atoms with Crippen molar-refractivity contribution in [2.45, 2.75) is 0 Å². The van der Waals surface area contributed by atoms with Crippen LogP contribution < -0.4 is 222 Å². The van der Waals surface area contributed by atoms with Crippen LogP contribution in [0.5, 0.6) is 0 Å². The van der Waals surface area contributed by atoms with Crippen LogP contribution in [0.1, 0.15) is 0 Å². The summed E-state index contributed by atoms with van der Waals surface area (Å²) >= 11 is 0. The predicted octanol–water partition coefficient (Wildman–Crippen LogP) is -15.4. The second-order valence-corrected chi connectivity index (χ2v) is 0.289. The van der Waals surface area contributed by atoms with E-state index in [-0.39, 0.29) is 223 Å². The minimum Gasteiger partial charge on any atom is -0.907 e. The maximum absolute atomic E-state index is 8.42. The van der Waals surface area contributed by atoms with Crippen LogP contribution in [0.25, 0.3) is 0 Å². The van der Waals surface area contributed by atoms with Gasteiger partial charge in [-0.1, -0.05) is 0 Å². The molecule has 0 saturated heterocycles. The van der Waals surface area contributed by atoms with Crippen LogP contribution in [-0.4, -0.2) is 23.7 Å². The van der Waals surface area contributed by atoms with Crippen LogP contribution >= 0.6 is 0 Å². The van der Waals surface area contributed by atoms with Crippen LogP contribution in [0.3, 0.4) is 0 Å². The summed E-state index contributed by atoms with van der Waals surface area (Å²) in [5.74, 6) is 0. The summed E-state index contributed by atoms with van der Waals surface area (Å²) in [6.45, 7) is 0. The van der Waals surface area contributed by atoms with Gasteiger partial charge in [0, 0.05) is 0 Å². The van der Waals surface area contributed by atoms with E-state index in [2.05, 4.69) is 0 Å². The third-order valence-electron chi connectivity index (χ3n) is 0. The first-order chi connectivity index (χ1) is 1.73. The molecule has 0 spiro atoms. The third-order valence-corrected chi connectivity index (χ3v) is 0. The first-order valence-electron chi connectivity index (χ1n) is 0.707. The molecule has 0 aromatic heterocycles. The van der Waals surface area contributed by atoms with Crippen LogP contribution in [0.4, 0.5) is 0 Å². The Morgan fingerprint density at radius 1 is 0.600 bits per heavy atom. The molecule has 6 N–H and O–H groups in total. The van der Waals surface area contributed by atoms with Gasteiger partial charge in [-0.3, -0.25) is 7.32 Å². The zero-order valence-corrected chi connectivity index (χ0v) is 25.1. The standard InChI is InChI=1S/BO3.3Cs.3H2O/c2-1(3)4;;;;;;/h;;;;3*1H2/q-3;3*+1;;;. The Bertz CT molecular complexity index is 17.7. The molecule has 10 heteroatoms. The molecular formula is H6BCs3O6. The Labute approximate surface area is 236 Å². The van der Waals surface area contributed by atoms with E-state index < -0.39 is 7.32 Å². The molecule has 10 heavy (non-hydrogen) atoms. The molecule has 0 amide bonds. The molecule has 0 bridgehead atoms. The summed E-state index contributed by atoms with van der Waals surface area (Å²) < 4.78 is 0. The van der Waals surface area contributed by atoms with Crippen molar-refractivity contribution in [2.24, 2.45) is 0 Å². The Balaban J connectivity index is -0.00000000300. The Morgan fingerprint density at radius 2 is 0.600 bits per heavy atom. The quantitative estimate of drug-likeness (QED) is 0.296. The van der Waals surface area contributed by atoms with Gasteiger partial charge in [-0.25, -0.2) is 0 Å².